The maximum atomic E-state index is 14.5. The second-order valence-electron chi connectivity index (χ2n) is 20.2. The van der Waals surface area contributed by atoms with Crippen molar-refractivity contribution in [1.82, 2.24) is 4.90 Å². The Hall–Kier alpha value is -3.41. The maximum absolute atomic E-state index is 14.5. The third-order valence-electron chi connectivity index (χ3n) is 14.9. The van der Waals surface area contributed by atoms with Gasteiger partial charge in [0.1, 0.15) is 30.1 Å². The summed E-state index contributed by atoms with van der Waals surface area (Å²) in [5.41, 5.74) is 1.26. The molecule has 0 radical (unpaired) electrons. The summed E-state index contributed by atoms with van der Waals surface area (Å²) in [6, 6.07) is -1.14. The van der Waals surface area contributed by atoms with E-state index in [0.717, 1.165) is 12.0 Å². The van der Waals surface area contributed by atoms with E-state index >= 15 is 0 Å². The lowest BCUT2D eigenvalue weighted by Gasteiger charge is -2.42. The van der Waals surface area contributed by atoms with Crippen LogP contribution >= 0.6 is 0 Å². The van der Waals surface area contributed by atoms with E-state index in [4.69, 9.17) is 28.4 Å². The van der Waals surface area contributed by atoms with Crippen LogP contribution in [0.25, 0.3) is 0 Å². The summed E-state index contributed by atoms with van der Waals surface area (Å²) in [6.45, 7) is 12.9. The fraction of sp³-hybridized carbons (Fsp3) is 0.755. The summed E-state index contributed by atoms with van der Waals surface area (Å²) in [5, 5.41) is 32.8. The van der Waals surface area contributed by atoms with E-state index in [-0.39, 0.29) is 74.1 Å². The van der Waals surface area contributed by atoms with Crippen molar-refractivity contribution in [3.63, 3.8) is 0 Å². The molecule has 384 valence electrons. The van der Waals surface area contributed by atoms with Crippen molar-refractivity contribution in [2.75, 3.05) is 41.1 Å². The molecule has 0 spiro atoms. The quantitative estimate of drug-likeness (QED) is 0.134. The monoisotopic (exact) mass is 958 g/mol. The number of carbonyl (C=O) groups excluding carboxylic acids is 5. The van der Waals surface area contributed by atoms with E-state index in [1.54, 1.807) is 41.1 Å². The van der Waals surface area contributed by atoms with Crippen molar-refractivity contribution in [3.8, 4) is 0 Å². The van der Waals surface area contributed by atoms with Crippen molar-refractivity contribution in [2.45, 2.75) is 180 Å². The molecule has 0 aromatic heterocycles. The molecule has 68 heavy (non-hydrogen) atoms. The van der Waals surface area contributed by atoms with Crippen LogP contribution in [0, 0.1) is 35.5 Å². The second kappa shape index (κ2) is 27.3. The SMILES string of the molecule is CO[C@H]1C[C@@H]2CC[C@@H](C)[C@@](O)(O2)C(=O)C(=O)N2CCCC[C@H]2C(=O)O[C@H]([C@H](C)C[C@@H]2CC[C@@H](OCCO)[C@H](OC)C2)CC(=O)[C@H](C)C=C(C)[C@@H](O)[C@@H](OC)C(=O)[C@H](C)C[C@H](C)/C=C/C=CC=C1C. The lowest BCUT2D eigenvalue weighted by molar-refractivity contribution is -0.265. The largest absolute Gasteiger partial charge is 0.460 e. The molecule has 1 aliphatic carbocycles. The number of cyclic esters (lactones) is 1. The molecular weight excluding hydrogens is 875 g/mol. The molecule has 2 bridgehead atoms. The highest BCUT2D eigenvalue weighted by Crippen LogP contribution is 2.38. The van der Waals surface area contributed by atoms with Crippen molar-refractivity contribution >= 4 is 29.2 Å². The van der Waals surface area contributed by atoms with Crippen LogP contribution in [-0.2, 0) is 52.4 Å². The third kappa shape index (κ3) is 15.3. The van der Waals surface area contributed by atoms with Gasteiger partial charge < -0.3 is 48.6 Å². The first-order valence-corrected chi connectivity index (χ1v) is 25.0. The number of aliphatic hydroxyl groups excluding tert-OH is 2. The number of nitrogens with zero attached hydrogens (tertiary/aromatic N) is 1. The third-order valence-corrected chi connectivity index (χ3v) is 14.9. The van der Waals surface area contributed by atoms with Crippen LogP contribution in [0.4, 0.5) is 0 Å². The molecule has 15 heteroatoms. The van der Waals surface area contributed by atoms with Gasteiger partial charge in [-0.1, -0.05) is 71.1 Å². The van der Waals surface area contributed by atoms with Gasteiger partial charge in [-0.05, 0) is 107 Å². The molecule has 3 N–H and O–H groups in total. The molecule has 0 unspecified atom stereocenters. The maximum Gasteiger partial charge on any atom is 0.329 e. The Morgan fingerprint density at radius 3 is 2.26 bits per heavy atom. The Kier molecular flexibility index (Phi) is 22.9. The van der Waals surface area contributed by atoms with Gasteiger partial charge in [-0.25, -0.2) is 4.79 Å². The van der Waals surface area contributed by atoms with Gasteiger partial charge in [0.2, 0.25) is 5.79 Å². The van der Waals surface area contributed by atoms with E-state index in [2.05, 4.69) is 0 Å². The Morgan fingerprint density at radius 1 is 0.853 bits per heavy atom. The highest BCUT2D eigenvalue weighted by Gasteiger charge is 2.53. The fourth-order valence-electron chi connectivity index (χ4n) is 10.5. The molecule has 4 aliphatic rings. The molecule has 0 aromatic rings. The number of allylic oxidation sites excluding steroid dienone is 6. The standard InChI is InChI=1S/C53H83NO14/c1-32-16-12-11-13-17-33(2)44(63-8)30-40-21-19-38(7)53(62,68-40)50(59)51(60)54-23-15-14-18-41(54)52(61)67-45(35(4)28-39-20-22-43(66-25-24-55)46(29-39)64-9)31-42(56)34(3)27-37(6)48(58)49(65-10)47(57)36(5)26-32/h11-13,16-17,27,32,34-36,38-41,43-46,48-49,55,58,62H,14-15,18-26,28-31H2,1-10H3/b13-11?,16-12+,33-17?,37-27?/t32-,34-,35-,36-,38-,39+,40+,41+,43-,44+,45+,46-,48-,49+,53-/m1/s1. The summed E-state index contributed by atoms with van der Waals surface area (Å²) in [6.07, 6.45) is 12.0. The van der Waals surface area contributed by atoms with E-state index < -0.39 is 77.8 Å². The number of piperidine rings is 1. The number of methoxy groups -OCH3 is 3. The molecule has 3 fully saturated rings. The molecule has 3 heterocycles. The zero-order chi connectivity index (χ0) is 50.3. The first kappa shape index (κ1) is 57.2. The van der Waals surface area contributed by atoms with Gasteiger partial charge in [0.25, 0.3) is 11.7 Å². The molecular formula is C53H83NO14. The Morgan fingerprint density at radius 2 is 1.59 bits per heavy atom. The first-order chi connectivity index (χ1) is 32.3. The molecule has 4 rings (SSSR count). The molecule has 1 saturated carbocycles. The molecule has 3 aliphatic heterocycles. The van der Waals surface area contributed by atoms with Gasteiger partial charge in [-0.15, -0.1) is 0 Å². The number of rotatable bonds is 9. The van der Waals surface area contributed by atoms with Crippen molar-refractivity contribution in [2.24, 2.45) is 35.5 Å². The van der Waals surface area contributed by atoms with Crippen LogP contribution in [0.15, 0.2) is 47.6 Å². The average molecular weight is 958 g/mol. The number of ketones is 3. The van der Waals surface area contributed by atoms with Crippen molar-refractivity contribution in [3.05, 3.63) is 47.6 Å². The van der Waals surface area contributed by atoms with Crippen LogP contribution in [0.1, 0.15) is 126 Å². The molecule has 15 nitrogen and oxygen atoms in total. The van der Waals surface area contributed by atoms with E-state index in [1.165, 1.54) is 12.0 Å². The Balaban J connectivity index is 1.70. The Labute approximate surface area is 405 Å². The van der Waals surface area contributed by atoms with E-state index in [0.29, 0.717) is 63.4 Å². The van der Waals surface area contributed by atoms with Crippen molar-refractivity contribution < 1.29 is 67.7 Å². The summed E-state index contributed by atoms with van der Waals surface area (Å²) in [4.78, 5) is 72.1. The number of esters is 1. The second-order valence-corrected chi connectivity index (χ2v) is 20.2. The number of ether oxygens (including phenoxy) is 6. The number of fused-ring (bicyclic) bond motifs is 3. The lowest BCUT2D eigenvalue weighted by atomic mass is 9.78. The minimum Gasteiger partial charge on any atom is -0.460 e. The van der Waals surface area contributed by atoms with Gasteiger partial charge >= 0.3 is 5.97 Å². The number of hydrogen-bond donors (Lipinski definition) is 3. The van der Waals surface area contributed by atoms with Crippen LogP contribution < -0.4 is 0 Å². The summed E-state index contributed by atoms with van der Waals surface area (Å²) < 4.78 is 35.6. The number of aliphatic hydroxyl groups is 3. The first-order valence-electron chi connectivity index (χ1n) is 25.0. The summed E-state index contributed by atoms with van der Waals surface area (Å²) in [5.74, 6) is -7.96. The smallest absolute Gasteiger partial charge is 0.329 e. The van der Waals surface area contributed by atoms with Gasteiger partial charge in [-0.3, -0.25) is 19.2 Å². The summed E-state index contributed by atoms with van der Waals surface area (Å²) >= 11 is 0. The van der Waals surface area contributed by atoms with Crippen LogP contribution in [0.2, 0.25) is 0 Å². The van der Waals surface area contributed by atoms with E-state index in [1.807, 2.05) is 58.1 Å². The lowest BCUT2D eigenvalue weighted by Crippen LogP contribution is -2.61. The van der Waals surface area contributed by atoms with Crippen molar-refractivity contribution in [1.29, 1.82) is 0 Å². The van der Waals surface area contributed by atoms with Gasteiger partial charge in [0, 0.05) is 58.5 Å². The molecule has 15 atom stereocenters. The molecule has 2 saturated heterocycles. The predicted molar refractivity (Wildman–Crippen MR) is 256 cm³/mol. The zero-order valence-electron chi connectivity index (χ0n) is 42.4. The predicted octanol–water partition coefficient (Wildman–Crippen LogP) is 6.20. The highest BCUT2D eigenvalue weighted by atomic mass is 16.6. The molecule has 0 aromatic carbocycles. The highest BCUT2D eigenvalue weighted by molar-refractivity contribution is 6.39. The zero-order valence-corrected chi connectivity index (χ0v) is 42.4. The number of hydrogen-bond acceptors (Lipinski definition) is 14. The van der Waals surface area contributed by atoms with Gasteiger partial charge in [0.05, 0.1) is 37.6 Å². The number of carbonyl (C=O) groups is 5. The fourth-order valence-corrected chi connectivity index (χ4v) is 10.5. The van der Waals surface area contributed by atoms with Crippen LogP contribution in [0.3, 0.4) is 0 Å². The van der Waals surface area contributed by atoms with Crippen LogP contribution in [0.5, 0.6) is 0 Å². The van der Waals surface area contributed by atoms with Gasteiger partial charge in [-0.2, -0.15) is 0 Å². The average Bonchev–Trinajstić information content (AvgIpc) is 3.32. The molecule has 1 amide bonds. The minimum absolute atomic E-state index is 0.0158. The van der Waals surface area contributed by atoms with E-state index in [9.17, 15) is 39.3 Å². The normalized spacial score (nSPS) is 37.2. The van der Waals surface area contributed by atoms with Crippen LogP contribution in [-0.4, -0.2) is 145 Å². The minimum atomic E-state index is -2.43. The number of Topliss-reactive ketones (excluding diaryl/α,β-unsaturated/α-hetero) is 3. The topological polar surface area (TPSA) is 205 Å². The Bertz CT molecular complexity index is 1810. The number of amides is 1. The van der Waals surface area contributed by atoms with Gasteiger partial charge in [0.15, 0.2) is 5.78 Å². The summed E-state index contributed by atoms with van der Waals surface area (Å²) in [7, 11) is 4.58.